The van der Waals surface area contributed by atoms with E-state index in [2.05, 4.69) is 0 Å². The molecule has 0 bridgehead atoms. The lowest BCUT2D eigenvalue weighted by atomic mass is 10.2. The molecule has 2 amide bonds. The van der Waals surface area contributed by atoms with E-state index >= 15 is 0 Å². The third-order valence-corrected chi connectivity index (χ3v) is 2.23. The van der Waals surface area contributed by atoms with Crippen molar-refractivity contribution in [3.05, 3.63) is 30.3 Å². The van der Waals surface area contributed by atoms with Gasteiger partial charge in [0.05, 0.1) is 6.42 Å². The van der Waals surface area contributed by atoms with E-state index in [1.807, 2.05) is 18.2 Å². The van der Waals surface area contributed by atoms with Crippen LogP contribution in [0.4, 0.5) is 10.5 Å². The Balaban J connectivity index is 2.86. The zero-order valence-corrected chi connectivity index (χ0v) is 9.96. The van der Waals surface area contributed by atoms with E-state index < -0.39 is 5.97 Å². The predicted octanol–water partition coefficient (Wildman–Crippen LogP) is 1.65. The molecule has 1 aromatic carbocycles. The van der Waals surface area contributed by atoms with Gasteiger partial charge in [-0.05, 0) is 12.1 Å². The monoisotopic (exact) mass is 236 g/mol. The summed E-state index contributed by atoms with van der Waals surface area (Å²) in [5, 5.41) is 8.68. The molecule has 0 aromatic heterocycles. The van der Waals surface area contributed by atoms with Crippen LogP contribution in [0.3, 0.4) is 0 Å². The van der Waals surface area contributed by atoms with Crippen molar-refractivity contribution in [2.75, 3.05) is 25.5 Å². The highest BCUT2D eigenvalue weighted by Crippen LogP contribution is 2.15. The van der Waals surface area contributed by atoms with Gasteiger partial charge in [-0.1, -0.05) is 18.2 Å². The number of hydrogen-bond donors (Lipinski definition) is 1. The van der Waals surface area contributed by atoms with Gasteiger partial charge in [0, 0.05) is 26.3 Å². The zero-order valence-electron chi connectivity index (χ0n) is 9.96. The Labute approximate surface area is 100 Å². The molecule has 0 fully saturated rings. The molecule has 5 heteroatoms. The molecule has 0 aliphatic carbocycles. The van der Waals surface area contributed by atoms with E-state index in [0.29, 0.717) is 5.69 Å². The number of carboxylic acids is 1. The topological polar surface area (TPSA) is 60.9 Å². The van der Waals surface area contributed by atoms with Crippen molar-refractivity contribution in [1.29, 1.82) is 0 Å². The Kier molecular flexibility index (Phi) is 4.51. The van der Waals surface area contributed by atoms with Crippen LogP contribution >= 0.6 is 0 Å². The third-order valence-electron chi connectivity index (χ3n) is 2.23. The first-order chi connectivity index (χ1) is 8.02. The van der Waals surface area contributed by atoms with E-state index in [4.69, 9.17) is 5.11 Å². The zero-order chi connectivity index (χ0) is 12.8. The molecule has 92 valence electrons. The fraction of sp³-hybridized carbons (Fsp3) is 0.333. The van der Waals surface area contributed by atoms with Gasteiger partial charge in [-0.2, -0.15) is 0 Å². The highest BCUT2D eigenvalue weighted by Gasteiger charge is 2.17. The Hall–Kier alpha value is -2.04. The van der Waals surface area contributed by atoms with Crippen LogP contribution in [0.2, 0.25) is 0 Å². The van der Waals surface area contributed by atoms with E-state index in [1.165, 1.54) is 9.80 Å². The van der Waals surface area contributed by atoms with Crippen LogP contribution in [0, 0.1) is 0 Å². The molecule has 0 unspecified atom stereocenters. The van der Waals surface area contributed by atoms with Crippen molar-refractivity contribution in [3.63, 3.8) is 0 Å². The quantitative estimate of drug-likeness (QED) is 0.864. The molecule has 1 rings (SSSR count). The number of benzene rings is 1. The Morgan fingerprint density at radius 3 is 2.24 bits per heavy atom. The standard InChI is InChI=1S/C12H16N2O3/c1-13(2)12(17)14(9-8-11(15)16)10-6-4-3-5-7-10/h3-7H,8-9H2,1-2H3,(H,15,16). The number of aliphatic carboxylic acids is 1. The number of anilines is 1. The molecular formula is C12H16N2O3. The molecule has 0 saturated heterocycles. The van der Waals surface area contributed by atoms with Crippen LogP contribution in [0.15, 0.2) is 30.3 Å². The molecule has 0 spiro atoms. The minimum Gasteiger partial charge on any atom is -0.481 e. The van der Waals surface area contributed by atoms with E-state index in [9.17, 15) is 9.59 Å². The summed E-state index contributed by atoms with van der Waals surface area (Å²) in [5.41, 5.74) is 0.701. The van der Waals surface area contributed by atoms with E-state index in [0.717, 1.165) is 0 Å². The van der Waals surface area contributed by atoms with Gasteiger partial charge in [0.1, 0.15) is 0 Å². The van der Waals surface area contributed by atoms with Crippen molar-refractivity contribution in [3.8, 4) is 0 Å². The Morgan fingerprint density at radius 1 is 1.18 bits per heavy atom. The lowest BCUT2D eigenvalue weighted by Gasteiger charge is -2.25. The molecule has 17 heavy (non-hydrogen) atoms. The summed E-state index contributed by atoms with van der Waals surface area (Å²) in [4.78, 5) is 25.4. The first-order valence-corrected chi connectivity index (χ1v) is 5.28. The number of urea groups is 1. The number of hydrogen-bond acceptors (Lipinski definition) is 2. The van der Waals surface area contributed by atoms with Crippen molar-refractivity contribution in [2.24, 2.45) is 0 Å². The van der Waals surface area contributed by atoms with Gasteiger partial charge in [0.15, 0.2) is 0 Å². The maximum absolute atomic E-state index is 11.9. The smallest absolute Gasteiger partial charge is 0.323 e. The van der Waals surface area contributed by atoms with Gasteiger partial charge in [-0.25, -0.2) is 4.79 Å². The lowest BCUT2D eigenvalue weighted by molar-refractivity contribution is -0.136. The highest BCUT2D eigenvalue weighted by molar-refractivity contribution is 5.92. The van der Waals surface area contributed by atoms with Crippen molar-refractivity contribution in [2.45, 2.75) is 6.42 Å². The van der Waals surface area contributed by atoms with Crippen molar-refractivity contribution in [1.82, 2.24) is 4.90 Å². The lowest BCUT2D eigenvalue weighted by Crippen LogP contribution is -2.40. The summed E-state index contributed by atoms with van der Waals surface area (Å²) in [6.45, 7) is 0.163. The highest BCUT2D eigenvalue weighted by atomic mass is 16.4. The van der Waals surface area contributed by atoms with Gasteiger partial charge in [-0.15, -0.1) is 0 Å². The summed E-state index contributed by atoms with van der Waals surface area (Å²) in [6.07, 6.45) is -0.0749. The molecule has 1 aromatic rings. The van der Waals surface area contributed by atoms with Crippen LogP contribution in [-0.2, 0) is 4.79 Å². The third kappa shape index (κ3) is 3.79. The van der Waals surface area contributed by atoms with Gasteiger partial charge < -0.3 is 10.0 Å². The largest absolute Gasteiger partial charge is 0.481 e. The summed E-state index contributed by atoms with van der Waals surface area (Å²) < 4.78 is 0. The second kappa shape index (κ2) is 5.89. The van der Waals surface area contributed by atoms with E-state index in [1.54, 1.807) is 26.2 Å². The van der Waals surface area contributed by atoms with Crippen LogP contribution in [0.5, 0.6) is 0 Å². The molecule has 0 aliphatic rings. The van der Waals surface area contributed by atoms with Gasteiger partial charge in [-0.3, -0.25) is 9.69 Å². The fourth-order valence-corrected chi connectivity index (χ4v) is 1.39. The predicted molar refractivity (Wildman–Crippen MR) is 65.1 cm³/mol. The second-order valence-electron chi connectivity index (χ2n) is 3.81. The maximum atomic E-state index is 11.9. The van der Waals surface area contributed by atoms with E-state index in [-0.39, 0.29) is 19.0 Å². The van der Waals surface area contributed by atoms with Crippen LogP contribution in [0.1, 0.15) is 6.42 Å². The Bertz CT molecular complexity index is 390. The summed E-state index contributed by atoms with van der Waals surface area (Å²) in [5.74, 6) is -0.919. The van der Waals surface area contributed by atoms with Gasteiger partial charge >= 0.3 is 12.0 Å². The SMILES string of the molecule is CN(C)C(=O)N(CCC(=O)O)c1ccccc1. The normalized spacial score (nSPS) is 9.76. The molecule has 0 heterocycles. The molecule has 0 atom stereocenters. The number of para-hydroxylation sites is 1. The minimum atomic E-state index is -0.919. The average Bonchev–Trinajstić information content (AvgIpc) is 2.30. The number of rotatable bonds is 4. The van der Waals surface area contributed by atoms with Crippen molar-refractivity contribution >= 4 is 17.7 Å². The van der Waals surface area contributed by atoms with Crippen LogP contribution in [-0.4, -0.2) is 42.6 Å². The summed E-state index contributed by atoms with van der Waals surface area (Å²) >= 11 is 0. The average molecular weight is 236 g/mol. The second-order valence-corrected chi connectivity index (χ2v) is 3.81. The fourth-order valence-electron chi connectivity index (χ4n) is 1.39. The first-order valence-electron chi connectivity index (χ1n) is 5.28. The van der Waals surface area contributed by atoms with Crippen LogP contribution < -0.4 is 4.90 Å². The molecule has 0 radical (unpaired) electrons. The van der Waals surface area contributed by atoms with Gasteiger partial charge in [0.25, 0.3) is 0 Å². The Morgan fingerprint density at radius 2 is 1.76 bits per heavy atom. The van der Waals surface area contributed by atoms with Crippen LogP contribution in [0.25, 0.3) is 0 Å². The van der Waals surface area contributed by atoms with Crippen molar-refractivity contribution < 1.29 is 14.7 Å². The molecule has 0 saturated carbocycles. The molecular weight excluding hydrogens is 220 g/mol. The minimum absolute atomic E-state index is 0.0749. The van der Waals surface area contributed by atoms with Gasteiger partial charge in [0.2, 0.25) is 0 Å². The number of amides is 2. The summed E-state index contributed by atoms with van der Waals surface area (Å²) in [7, 11) is 3.28. The molecule has 0 aliphatic heterocycles. The number of carbonyl (C=O) groups excluding carboxylic acids is 1. The first kappa shape index (κ1) is 13.0. The molecule has 1 N–H and O–H groups in total. The number of carbonyl (C=O) groups is 2. The maximum Gasteiger partial charge on any atom is 0.323 e. The molecule has 5 nitrogen and oxygen atoms in total. The number of carboxylic acid groups (broad SMARTS) is 1. The number of nitrogens with zero attached hydrogens (tertiary/aromatic N) is 2. The summed E-state index contributed by atoms with van der Waals surface area (Å²) in [6, 6.07) is 8.81.